The lowest BCUT2D eigenvalue weighted by molar-refractivity contribution is 0.0572. The third kappa shape index (κ3) is 2.14. The Morgan fingerprint density at radius 1 is 1.32 bits per heavy atom. The molecule has 1 aromatic carbocycles. The van der Waals surface area contributed by atoms with Crippen molar-refractivity contribution in [3.8, 4) is 11.5 Å². The minimum absolute atomic E-state index is 0.0342. The van der Waals surface area contributed by atoms with Crippen LogP contribution < -0.4 is 5.32 Å². The van der Waals surface area contributed by atoms with Crippen molar-refractivity contribution in [2.45, 2.75) is 18.9 Å². The molecular weight excluding hydrogens is 244 g/mol. The Labute approximate surface area is 111 Å². The minimum atomic E-state index is -0.155. The maximum absolute atomic E-state index is 12.5. The van der Waals surface area contributed by atoms with Gasteiger partial charge in [0.1, 0.15) is 11.5 Å². The van der Waals surface area contributed by atoms with Crippen LogP contribution in [0.1, 0.15) is 23.2 Å². The Bertz CT molecular complexity index is 503. The number of carbonyl (C=O) groups is 1. The normalized spacial score (nSPS) is 26.2. The van der Waals surface area contributed by atoms with Crippen molar-refractivity contribution in [3.05, 3.63) is 23.8 Å². The number of fused-ring (bicyclic) bond motifs is 1. The second kappa shape index (κ2) is 4.74. The lowest BCUT2D eigenvalue weighted by Crippen LogP contribution is -2.48. The van der Waals surface area contributed by atoms with Crippen molar-refractivity contribution < 1.29 is 15.0 Å². The number of carbonyl (C=O) groups excluding carboxylic acids is 1. The van der Waals surface area contributed by atoms with E-state index >= 15 is 0 Å². The molecule has 2 heterocycles. The highest BCUT2D eigenvalue weighted by Crippen LogP contribution is 2.30. The molecule has 19 heavy (non-hydrogen) atoms. The number of nitrogens with one attached hydrogen (secondary N) is 1. The Hall–Kier alpha value is -1.75. The number of phenols is 2. The summed E-state index contributed by atoms with van der Waals surface area (Å²) in [6.45, 7) is 2.53. The van der Waals surface area contributed by atoms with Crippen LogP contribution in [0.3, 0.4) is 0 Å². The van der Waals surface area contributed by atoms with Gasteiger partial charge in [-0.25, -0.2) is 0 Å². The molecule has 0 aromatic heterocycles. The minimum Gasteiger partial charge on any atom is -0.508 e. The Kier molecular flexibility index (Phi) is 3.06. The summed E-state index contributed by atoms with van der Waals surface area (Å²) in [6, 6.07) is 4.36. The molecular formula is C14H18N2O3. The molecule has 0 saturated carbocycles. The molecule has 2 fully saturated rings. The van der Waals surface area contributed by atoms with Gasteiger partial charge in [0.05, 0.1) is 5.56 Å². The van der Waals surface area contributed by atoms with Gasteiger partial charge in [-0.05, 0) is 30.9 Å². The van der Waals surface area contributed by atoms with E-state index in [0.29, 0.717) is 5.92 Å². The van der Waals surface area contributed by atoms with E-state index in [1.807, 2.05) is 4.90 Å². The van der Waals surface area contributed by atoms with Gasteiger partial charge in [0.2, 0.25) is 0 Å². The van der Waals surface area contributed by atoms with E-state index in [9.17, 15) is 15.0 Å². The van der Waals surface area contributed by atoms with E-state index in [-0.39, 0.29) is 29.0 Å². The molecule has 0 spiro atoms. The fourth-order valence-electron chi connectivity index (χ4n) is 3.18. The predicted octanol–water partition coefficient (Wildman–Crippen LogP) is 0.922. The molecule has 102 valence electrons. The highest BCUT2D eigenvalue weighted by Gasteiger charge is 2.38. The van der Waals surface area contributed by atoms with E-state index in [4.69, 9.17) is 0 Å². The highest BCUT2D eigenvalue weighted by atomic mass is 16.3. The van der Waals surface area contributed by atoms with Crippen LogP contribution in [0.25, 0.3) is 0 Å². The summed E-state index contributed by atoms with van der Waals surface area (Å²) >= 11 is 0. The Morgan fingerprint density at radius 2 is 2.16 bits per heavy atom. The third-order valence-electron chi connectivity index (χ3n) is 4.15. The number of nitrogens with zero attached hydrogens (tertiary/aromatic N) is 1. The number of likely N-dealkylation sites (tertiary alicyclic amines) is 1. The molecule has 2 unspecified atom stereocenters. The van der Waals surface area contributed by atoms with Crippen LogP contribution in [-0.2, 0) is 0 Å². The zero-order valence-electron chi connectivity index (χ0n) is 10.7. The summed E-state index contributed by atoms with van der Waals surface area (Å²) in [4.78, 5) is 14.4. The second-order valence-corrected chi connectivity index (χ2v) is 5.33. The molecule has 1 aromatic rings. The first kappa shape index (κ1) is 12.3. The standard InChI is InChI=1S/C14H18N2O3/c17-10-3-4-11(13(18)6-10)14(19)16-5-1-2-9-7-15-8-12(9)16/h3-4,6,9,12,15,17-18H,1-2,5,7-8H2. The lowest BCUT2D eigenvalue weighted by Gasteiger charge is -2.37. The third-order valence-corrected chi connectivity index (χ3v) is 4.15. The van der Waals surface area contributed by atoms with Gasteiger partial charge in [-0.1, -0.05) is 0 Å². The van der Waals surface area contributed by atoms with Crippen molar-refractivity contribution in [2.24, 2.45) is 5.92 Å². The Morgan fingerprint density at radius 3 is 2.95 bits per heavy atom. The average Bonchev–Trinajstić information content (AvgIpc) is 2.86. The van der Waals surface area contributed by atoms with Crippen LogP contribution in [0.15, 0.2) is 18.2 Å². The summed E-state index contributed by atoms with van der Waals surface area (Å²) in [5.41, 5.74) is 0.269. The Balaban J connectivity index is 1.86. The van der Waals surface area contributed by atoms with Gasteiger partial charge in [0, 0.05) is 31.7 Å². The number of hydrogen-bond donors (Lipinski definition) is 3. The molecule has 0 radical (unpaired) electrons. The lowest BCUT2D eigenvalue weighted by atomic mass is 9.91. The topological polar surface area (TPSA) is 72.8 Å². The molecule has 5 nitrogen and oxygen atoms in total. The molecule has 2 aliphatic rings. The molecule has 0 bridgehead atoms. The molecule has 5 heteroatoms. The zero-order chi connectivity index (χ0) is 13.4. The van der Waals surface area contributed by atoms with Gasteiger partial charge >= 0.3 is 0 Å². The van der Waals surface area contributed by atoms with E-state index < -0.39 is 0 Å². The van der Waals surface area contributed by atoms with Gasteiger partial charge in [0.25, 0.3) is 5.91 Å². The van der Waals surface area contributed by atoms with E-state index in [1.54, 1.807) is 0 Å². The number of piperidine rings is 1. The van der Waals surface area contributed by atoms with Gasteiger partial charge in [-0.3, -0.25) is 4.79 Å². The largest absolute Gasteiger partial charge is 0.508 e. The van der Waals surface area contributed by atoms with Crippen LogP contribution in [0.2, 0.25) is 0 Å². The average molecular weight is 262 g/mol. The number of rotatable bonds is 1. The van der Waals surface area contributed by atoms with E-state index in [1.165, 1.54) is 18.2 Å². The van der Waals surface area contributed by atoms with E-state index in [0.717, 1.165) is 32.5 Å². The fourth-order valence-corrected chi connectivity index (χ4v) is 3.18. The quantitative estimate of drug-likeness (QED) is 0.704. The number of aromatic hydroxyl groups is 2. The zero-order valence-corrected chi connectivity index (χ0v) is 10.7. The van der Waals surface area contributed by atoms with Crippen LogP contribution in [0.5, 0.6) is 11.5 Å². The van der Waals surface area contributed by atoms with Gasteiger partial charge in [0.15, 0.2) is 0 Å². The van der Waals surface area contributed by atoms with Crippen molar-refractivity contribution >= 4 is 5.91 Å². The maximum atomic E-state index is 12.5. The smallest absolute Gasteiger partial charge is 0.257 e. The van der Waals surface area contributed by atoms with Crippen LogP contribution in [0, 0.1) is 5.92 Å². The molecule has 2 atom stereocenters. The second-order valence-electron chi connectivity index (χ2n) is 5.33. The molecule has 1 amide bonds. The molecule has 2 saturated heterocycles. The predicted molar refractivity (Wildman–Crippen MR) is 70.2 cm³/mol. The first-order valence-corrected chi connectivity index (χ1v) is 6.70. The van der Waals surface area contributed by atoms with Crippen molar-refractivity contribution in [2.75, 3.05) is 19.6 Å². The monoisotopic (exact) mass is 262 g/mol. The summed E-state index contributed by atoms with van der Waals surface area (Å²) < 4.78 is 0. The van der Waals surface area contributed by atoms with Crippen LogP contribution >= 0.6 is 0 Å². The number of benzene rings is 1. The first-order chi connectivity index (χ1) is 9.16. The van der Waals surface area contributed by atoms with Crippen molar-refractivity contribution in [1.82, 2.24) is 10.2 Å². The summed E-state index contributed by atoms with van der Waals surface area (Å²) in [5.74, 6) is 0.194. The number of amides is 1. The van der Waals surface area contributed by atoms with Gasteiger partial charge in [-0.2, -0.15) is 0 Å². The highest BCUT2D eigenvalue weighted by molar-refractivity contribution is 5.97. The summed E-state index contributed by atoms with van der Waals surface area (Å²) in [5, 5.41) is 22.4. The fraction of sp³-hybridized carbons (Fsp3) is 0.500. The summed E-state index contributed by atoms with van der Waals surface area (Å²) in [6.07, 6.45) is 2.16. The van der Waals surface area contributed by atoms with Gasteiger partial charge < -0.3 is 20.4 Å². The molecule has 0 aliphatic carbocycles. The maximum Gasteiger partial charge on any atom is 0.257 e. The molecule has 3 rings (SSSR count). The number of phenolic OH excluding ortho intramolecular Hbond substituents is 2. The molecule has 2 aliphatic heterocycles. The van der Waals surface area contributed by atoms with Crippen LogP contribution in [-0.4, -0.2) is 46.7 Å². The SMILES string of the molecule is O=C(c1ccc(O)cc1O)N1CCCC2CNCC21. The summed E-state index contributed by atoms with van der Waals surface area (Å²) in [7, 11) is 0. The van der Waals surface area contributed by atoms with Crippen LogP contribution in [0.4, 0.5) is 0 Å². The van der Waals surface area contributed by atoms with Crippen molar-refractivity contribution in [3.63, 3.8) is 0 Å². The van der Waals surface area contributed by atoms with Gasteiger partial charge in [-0.15, -0.1) is 0 Å². The van der Waals surface area contributed by atoms with Crippen molar-refractivity contribution in [1.29, 1.82) is 0 Å². The first-order valence-electron chi connectivity index (χ1n) is 6.70. The number of hydrogen-bond acceptors (Lipinski definition) is 4. The molecule has 3 N–H and O–H groups in total. The van der Waals surface area contributed by atoms with E-state index in [2.05, 4.69) is 5.32 Å².